The van der Waals surface area contributed by atoms with Crippen LogP contribution >= 0.6 is 0 Å². The summed E-state index contributed by atoms with van der Waals surface area (Å²) in [4.78, 5) is 14.2. The van der Waals surface area contributed by atoms with E-state index in [1.807, 2.05) is 6.92 Å². The summed E-state index contributed by atoms with van der Waals surface area (Å²) in [5, 5.41) is 7.33. The van der Waals surface area contributed by atoms with Gasteiger partial charge in [0.05, 0.1) is 0 Å². The number of fused-ring (bicyclic) bond motifs is 1. The maximum Gasteiger partial charge on any atom is 0.246 e. The fourth-order valence-corrected chi connectivity index (χ4v) is 3.33. The van der Waals surface area contributed by atoms with Crippen molar-refractivity contribution in [1.82, 2.24) is 15.4 Å². The number of hydrogen-bond donors (Lipinski definition) is 1. The molecule has 1 fully saturated rings. The molecule has 1 aliphatic carbocycles. The highest BCUT2D eigenvalue weighted by Crippen LogP contribution is 2.26. The lowest BCUT2D eigenvalue weighted by Gasteiger charge is -2.23. The van der Waals surface area contributed by atoms with Crippen molar-refractivity contribution in [3.63, 3.8) is 0 Å². The SMILES string of the molecule is CCOCC(=O)NC1CCc2onc(CN3CCCC3)c2C1. The molecule has 1 aliphatic heterocycles. The lowest BCUT2D eigenvalue weighted by atomic mass is 9.92. The highest BCUT2D eigenvalue weighted by atomic mass is 16.5. The summed E-state index contributed by atoms with van der Waals surface area (Å²) in [6.45, 7) is 5.77. The van der Waals surface area contributed by atoms with Gasteiger partial charge in [-0.3, -0.25) is 9.69 Å². The van der Waals surface area contributed by atoms with Crippen LogP contribution < -0.4 is 5.32 Å². The molecule has 2 aliphatic rings. The van der Waals surface area contributed by atoms with Crippen molar-refractivity contribution in [1.29, 1.82) is 0 Å². The van der Waals surface area contributed by atoms with Crippen molar-refractivity contribution in [2.24, 2.45) is 0 Å². The van der Waals surface area contributed by atoms with Crippen LogP contribution in [0, 0.1) is 0 Å². The molecule has 0 bridgehead atoms. The molecule has 0 aromatic carbocycles. The van der Waals surface area contributed by atoms with Gasteiger partial charge < -0.3 is 14.6 Å². The third-order valence-corrected chi connectivity index (χ3v) is 4.50. The van der Waals surface area contributed by atoms with Crippen LogP contribution in [0.1, 0.15) is 43.2 Å². The van der Waals surface area contributed by atoms with E-state index in [-0.39, 0.29) is 18.6 Å². The predicted molar refractivity (Wildman–Crippen MR) is 81.5 cm³/mol. The highest BCUT2D eigenvalue weighted by Gasteiger charge is 2.27. The van der Waals surface area contributed by atoms with E-state index >= 15 is 0 Å². The summed E-state index contributed by atoms with van der Waals surface area (Å²) in [6.07, 6.45) is 5.12. The molecule has 0 radical (unpaired) electrons. The maximum absolute atomic E-state index is 11.8. The first kappa shape index (κ1) is 15.5. The second kappa shape index (κ2) is 7.24. The summed E-state index contributed by atoms with van der Waals surface area (Å²) in [5.41, 5.74) is 2.26. The number of hydrogen-bond acceptors (Lipinski definition) is 5. The molecule has 122 valence electrons. The number of ether oxygens (including phenoxy) is 1. The molecule has 1 saturated heterocycles. The fraction of sp³-hybridized carbons (Fsp3) is 0.750. The maximum atomic E-state index is 11.8. The van der Waals surface area contributed by atoms with Gasteiger partial charge in [-0.25, -0.2) is 0 Å². The van der Waals surface area contributed by atoms with E-state index in [0.29, 0.717) is 6.61 Å². The molecule has 2 heterocycles. The molecule has 6 nitrogen and oxygen atoms in total. The molecule has 3 rings (SSSR count). The quantitative estimate of drug-likeness (QED) is 0.857. The molecular formula is C16H25N3O3. The molecule has 1 aromatic heterocycles. The molecule has 6 heteroatoms. The van der Waals surface area contributed by atoms with Crippen molar-refractivity contribution >= 4 is 5.91 Å². The third kappa shape index (κ3) is 3.67. The minimum absolute atomic E-state index is 0.0344. The first-order valence-corrected chi connectivity index (χ1v) is 8.32. The van der Waals surface area contributed by atoms with Crippen LogP contribution in [0.4, 0.5) is 0 Å². The van der Waals surface area contributed by atoms with Crippen LogP contribution in [0.3, 0.4) is 0 Å². The zero-order valence-electron chi connectivity index (χ0n) is 13.3. The molecular weight excluding hydrogens is 282 g/mol. The monoisotopic (exact) mass is 307 g/mol. The van der Waals surface area contributed by atoms with Crippen molar-refractivity contribution < 1.29 is 14.1 Å². The summed E-state index contributed by atoms with van der Waals surface area (Å²) < 4.78 is 10.7. The van der Waals surface area contributed by atoms with Crippen LogP contribution in [-0.4, -0.2) is 48.3 Å². The van der Waals surface area contributed by atoms with Gasteiger partial charge in [0.25, 0.3) is 0 Å². The van der Waals surface area contributed by atoms with Crippen molar-refractivity contribution in [2.45, 2.75) is 51.6 Å². The van der Waals surface area contributed by atoms with Crippen LogP contribution in [0.2, 0.25) is 0 Å². The van der Waals surface area contributed by atoms with Crippen molar-refractivity contribution in [3.8, 4) is 0 Å². The van der Waals surface area contributed by atoms with Crippen LogP contribution in [0.5, 0.6) is 0 Å². The molecule has 1 unspecified atom stereocenters. The highest BCUT2D eigenvalue weighted by molar-refractivity contribution is 5.77. The fourth-order valence-electron chi connectivity index (χ4n) is 3.33. The number of carbonyl (C=O) groups excluding carboxylic acids is 1. The standard InChI is InChI=1S/C16H25N3O3/c1-2-21-11-16(20)17-12-5-6-15-13(9-12)14(18-22-15)10-19-7-3-4-8-19/h12H,2-11H2,1H3,(H,17,20). The van der Waals surface area contributed by atoms with E-state index < -0.39 is 0 Å². The van der Waals surface area contributed by atoms with Gasteiger partial charge in [-0.15, -0.1) is 0 Å². The minimum atomic E-state index is -0.0344. The third-order valence-electron chi connectivity index (χ3n) is 4.50. The van der Waals surface area contributed by atoms with E-state index in [1.165, 1.54) is 18.4 Å². The van der Waals surface area contributed by atoms with Crippen molar-refractivity contribution in [3.05, 3.63) is 17.0 Å². The Morgan fingerprint density at radius 3 is 3.05 bits per heavy atom. The van der Waals surface area contributed by atoms with E-state index in [0.717, 1.165) is 50.4 Å². The van der Waals surface area contributed by atoms with Crippen LogP contribution in [0.15, 0.2) is 4.52 Å². The van der Waals surface area contributed by atoms with Gasteiger partial charge in [0.15, 0.2) is 0 Å². The Morgan fingerprint density at radius 1 is 1.45 bits per heavy atom. The van der Waals surface area contributed by atoms with Gasteiger partial charge in [0, 0.05) is 31.2 Å². The van der Waals surface area contributed by atoms with E-state index in [9.17, 15) is 4.79 Å². The zero-order valence-corrected chi connectivity index (χ0v) is 13.3. The van der Waals surface area contributed by atoms with Gasteiger partial charge in [-0.2, -0.15) is 0 Å². The second-order valence-corrected chi connectivity index (χ2v) is 6.16. The molecule has 1 amide bonds. The van der Waals surface area contributed by atoms with Crippen molar-refractivity contribution in [2.75, 3.05) is 26.3 Å². The average molecular weight is 307 g/mol. The number of carbonyl (C=O) groups is 1. The number of rotatable bonds is 6. The Morgan fingerprint density at radius 2 is 2.27 bits per heavy atom. The smallest absolute Gasteiger partial charge is 0.246 e. The number of likely N-dealkylation sites (tertiary alicyclic amines) is 1. The lowest BCUT2D eigenvalue weighted by molar-refractivity contribution is -0.126. The molecule has 1 N–H and O–H groups in total. The van der Waals surface area contributed by atoms with E-state index in [1.54, 1.807) is 0 Å². The van der Waals surface area contributed by atoms with Crippen LogP contribution in [-0.2, 0) is 28.9 Å². The summed E-state index contributed by atoms with van der Waals surface area (Å²) in [5.74, 6) is 0.970. The number of amides is 1. The lowest BCUT2D eigenvalue weighted by Crippen LogP contribution is -2.40. The Labute approximate surface area is 131 Å². The topological polar surface area (TPSA) is 67.6 Å². The molecule has 1 atom stereocenters. The van der Waals surface area contributed by atoms with Gasteiger partial charge in [0.1, 0.15) is 18.1 Å². The summed E-state index contributed by atoms with van der Waals surface area (Å²) in [7, 11) is 0. The first-order chi connectivity index (χ1) is 10.8. The van der Waals surface area contributed by atoms with Gasteiger partial charge >= 0.3 is 0 Å². The molecule has 22 heavy (non-hydrogen) atoms. The number of nitrogens with zero attached hydrogens (tertiary/aromatic N) is 2. The number of aromatic nitrogens is 1. The van der Waals surface area contributed by atoms with Gasteiger partial charge in [-0.05, 0) is 45.7 Å². The molecule has 0 saturated carbocycles. The first-order valence-electron chi connectivity index (χ1n) is 8.32. The normalized spacial score (nSPS) is 21.8. The Kier molecular flexibility index (Phi) is 5.10. The Balaban J connectivity index is 1.59. The Bertz CT molecular complexity index is 509. The van der Waals surface area contributed by atoms with Gasteiger partial charge in [-0.1, -0.05) is 5.16 Å². The summed E-state index contributed by atoms with van der Waals surface area (Å²) >= 11 is 0. The number of nitrogens with one attached hydrogen (secondary N) is 1. The molecule has 0 spiro atoms. The zero-order chi connectivity index (χ0) is 15.4. The largest absolute Gasteiger partial charge is 0.372 e. The number of aryl methyl sites for hydroxylation is 1. The molecule has 1 aromatic rings. The second-order valence-electron chi connectivity index (χ2n) is 6.16. The van der Waals surface area contributed by atoms with Gasteiger partial charge in [0.2, 0.25) is 5.91 Å². The average Bonchev–Trinajstić information content (AvgIpc) is 3.16. The minimum Gasteiger partial charge on any atom is -0.372 e. The summed E-state index contributed by atoms with van der Waals surface area (Å²) in [6, 6.07) is 0.164. The van der Waals surface area contributed by atoms with E-state index in [4.69, 9.17) is 9.26 Å². The predicted octanol–water partition coefficient (Wildman–Crippen LogP) is 1.28. The van der Waals surface area contributed by atoms with E-state index in [2.05, 4.69) is 15.4 Å². The Hall–Kier alpha value is -1.40. The van der Waals surface area contributed by atoms with Crippen LogP contribution in [0.25, 0.3) is 0 Å².